The third-order valence-corrected chi connectivity index (χ3v) is 8.44. The number of amides is 2. The maximum Gasteiger partial charge on any atom is 0.326 e. The summed E-state index contributed by atoms with van der Waals surface area (Å²) in [5.74, 6) is 0.669. The van der Waals surface area contributed by atoms with Crippen molar-refractivity contribution >= 4 is 52.2 Å². The van der Waals surface area contributed by atoms with Crippen LogP contribution in [0.4, 0.5) is 16.2 Å². The minimum atomic E-state index is -0.268. The molecule has 0 radical (unpaired) electrons. The van der Waals surface area contributed by atoms with Gasteiger partial charge in [0.15, 0.2) is 0 Å². The predicted octanol–water partition coefficient (Wildman–Crippen LogP) is 7.63. The Bertz CT molecular complexity index is 1490. The van der Waals surface area contributed by atoms with Gasteiger partial charge in [-0.2, -0.15) is 0 Å². The van der Waals surface area contributed by atoms with Gasteiger partial charge in [-0.05, 0) is 41.3 Å². The number of hydrogen-bond acceptors (Lipinski definition) is 3. The molecule has 9 heteroatoms. The first kappa shape index (κ1) is 25.3. The lowest BCUT2D eigenvalue weighted by atomic mass is 9.85. The highest BCUT2D eigenvalue weighted by atomic mass is 35.5. The van der Waals surface area contributed by atoms with E-state index in [1.165, 1.54) is 0 Å². The van der Waals surface area contributed by atoms with Crippen LogP contribution in [0.1, 0.15) is 29.7 Å². The molecule has 3 heterocycles. The zero-order chi connectivity index (χ0) is 26.4. The summed E-state index contributed by atoms with van der Waals surface area (Å²) in [6.45, 7) is 5.32. The predicted molar refractivity (Wildman–Crippen MR) is 153 cm³/mol. The third kappa shape index (κ3) is 4.56. The zero-order valence-electron chi connectivity index (χ0n) is 20.7. The Hall–Kier alpha value is -3.03. The highest BCUT2D eigenvalue weighted by Crippen LogP contribution is 2.46. The van der Waals surface area contributed by atoms with Crippen LogP contribution >= 0.6 is 34.8 Å². The number of nitrogens with one attached hydrogen (secondary N) is 2. The minimum Gasteiger partial charge on any atom is -0.347 e. The Morgan fingerprint density at radius 1 is 0.974 bits per heavy atom. The SMILES string of the molecule is CC1CN(Cc2cnc[nH]2)CC1c1cc(-c2ccccc2Cl)c2c(c1)N(c1c(Cl)cccc1Cl)C(=O)NC2. The summed E-state index contributed by atoms with van der Waals surface area (Å²) in [4.78, 5) is 24.8. The van der Waals surface area contributed by atoms with Crippen LogP contribution in [0, 0.1) is 5.92 Å². The van der Waals surface area contributed by atoms with Gasteiger partial charge in [-0.25, -0.2) is 9.78 Å². The minimum absolute atomic E-state index is 0.262. The number of nitrogens with zero attached hydrogens (tertiary/aromatic N) is 3. The van der Waals surface area contributed by atoms with Gasteiger partial charge >= 0.3 is 6.03 Å². The average molecular weight is 567 g/mol. The lowest BCUT2D eigenvalue weighted by molar-refractivity contribution is 0.247. The molecule has 6 rings (SSSR count). The number of benzene rings is 3. The van der Waals surface area contributed by atoms with Crippen LogP contribution in [-0.2, 0) is 13.1 Å². The first-order chi connectivity index (χ1) is 18.4. The number of aromatic amines is 1. The van der Waals surface area contributed by atoms with E-state index in [1.807, 2.05) is 30.5 Å². The number of urea groups is 1. The molecule has 194 valence electrons. The van der Waals surface area contributed by atoms with Gasteiger partial charge < -0.3 is 10.3 Å². The number of hydrogen-bond donors (Lipinski definition) is 2. The van der Waals surface area contributed by atoms with Gasteiger partial charge in [-0.15, -0.1) is 0 Å². The van der Waals surface area contributed by atoms with Crippen molar-refractivity contribution in [3.05, 3.63) is 99.0 Å². The number of H-pyrrole nitrogens is 1. The molecule has 0 saturated carbocycles. The first-order valence-electron chi connectivity index (χ1n) is 12.5. The van der Waals surface area contributed by atoms with Crippen molar-refractivity contribution in [3.8, 4) is 11.1 Å². The van der Waals surface area contributed by atoms with Crippen molar-refractivity contribution in [3.63, 3.8) is 0 Å². The standard InChI is InChI=1S/C29H26Cl3N5O/c1-17-13-36(14-19-11-33-16-35-19)15-23(17)18-9-21(20-5-2-3-6-24(20)30)22-12-34-29(38)37(27(22)10-18)28-25(31)7-4-8-26(28)32/h2-11,16-17,23H,12-15H2,1H3,(H,33,35)(H,34,38). The number of fused-ring (bicyclic) bond motifs is 1. The number of rotatable bonds is 5. The summed E-state index contributed by atoms with van der Waals surface area (Å²) in [6, 6.07) is 17.2. The average Bonchev–Trinajstić information content (AvgIpc) is 3.54. The molecule has 3 aromatic carbocycles. The maximum absolute atomic E-state index is 13.4. The summed E-state index contributed by atoms with van der Waals surface area (Å²) in [7, 11) is 0. The molecular weight excluding hydrogens is 541 g/mol. The number of carbonyl (C=O) groups is 1. The molecule has 2 amide bonds. The van der Waals surface area contributed by atoms with Crippen LogP contribution in [0.2, 0.25) is 15.1 Å². The van der Waals surface area contributed by atoms with Crippen molar-refractivity contribution in [2.24, 2.45) is 5.92 Å². The molecule has 1 fully saturated rings. The number of carbonyl (C=O) groups excluding carboxylic acids is 1. The fraction of sp³-hybridized carbons (Fsp3) is 0.241. The molecule has 2 aliphatic heterocycles. The highest BCUT2D eigenvalue weighted by Gasteiger charge is 2.35. The Balaban J connectivity index is 1.50. The van der Waals surface area contributed by atoms with Crippen LogP contribution in [0.25, 0.3) is 11.1 Å². The fourth-order valence-electron chi connectivity index (χ4n) is 5.72. The van der Waals surface area contributed by atoms with E-state index in [1.54, 1.807) is 29.4 Å². The Labute approximate surface area is 236 Å². The molecule has 0 bridgehead atoms. The lowest BCUT2D eigenvalue weighted by Crippen LogP contribution is -2.41. The van der Waals surface area contributed by atoms with Gasteiger partial charge in [0.25, 0.3) is 0 Å². The van der Waals surface area contributed by atoms with Crippen molar-refractivity contribution in [1.82, 2.24) is 20.2 Å². The quantitative estimate of drug-likeness (QED) is 0.261. The molecule has 2 N–H and O–H groups in total. The van der Waals surface area contributed by atoms with Gasteiger partial charge in [-0.1, -0.05) is 72.1 Å². The van der Waals surface area contributed by atoms with Gasteiger partial charge in [0, 0.05) is 60.1 Å². The van der Waals surface area contributed by atoms with Crippen molar-refractivity contribution in [1.29, 1.82) is 0 Å². The van der Waals surface area contributed by atoms with E-state index < -0.39 is 0 Å². The van der Waals surface area contributed by atoms with Crippen LogP contribution in [0.3, 0.4) is 0 Å². The highest BCUT2D eigenvalue weighted by molar-refractivity contribution is 6.40. The van der Waals surface area contributed by atoms with Crippen LogP contribution in [0.5, 0.6) is 0 Å². The fourth-order valence-corrected chi connectivity index (χ4v) is 6.52. The zero-order valence-corrected chi connectivity index (χ0v) is 23.0. The Morgan fingerprint density at radius 3 is 2.47 bits per heavy atom. The molecule has 0 aliphatic carbocycles. The smallest absolute Gasteiger partial charge is 0.326 e. The van der Waals surface area contributed by atoms with Crippen LogP contribution in [-0.4, -0.2) is 34.0 Å². The van der Waals surface area contributed by atoms with Crippen LogP contribution in [0.15, 0.2) is 67.1 Å². The second-order valence-electron chi connectivity index (χ2n) is 9.97. The van der Waals surface area contributed by atoms with Crippen molar-refractivity contribution in [2.45, 2.75) is 25.9 Å². The molecule has 2 atom stereocenters. The summed E-state index contributed by atoms with van der Waals surface area (Å²) in [5.41, 5.74) is 6.38. The van der Waals surface area contributed by atoms with Crippen molar-refractivity contribution in [2.75, 3.05) is 18.0 Å². The van der Waals surface area contributed by atoms with Gasteiger partial charge in [-0.3, -0.25) is 9.80 Å². The lowest BCUT2D eigenvalue weighted by Gasteiger charge is -2.34. The Kier molecular flexibility index (Phi) is 6.82. The van der Waals surface area contributed by atoms with Gasteiger partial charge in [0.2, 0.25) is 0 Å². The summed E-state index contributed by atoms with van der Waals surface area (Å²) in [5, 5.41) is 4.48. The largest absolute Gasteiger partial charge is 0.347 e. The number of anilines is 2. The number of likely N-dealkylation sites (tertiary alicyclic amines) is 1. The summed E-state index contributed by atoms with van der Waals surface area (Å²) in [6.07, 6.45) is 3.58. The number of imidazole rings is 1. The summed E-state index contributed by atoms with van der Waals surface area (Å²) < 4.78 is 0. The van der Waals surface area contributed by atoms with E-state index in [-0.39, 0.29) is 11.9 Å². The second-order valence-corrected chi connectivity index (χ2v) is 11.2. The molecule has 2 aliphatic rings. The van der Waals surface area contributed by atoms with E-state index in [0.717, 1.165) is 53.3 Å². The number of halogens is 3. The van der Waals surface area contributed by atoms with Gasteiger partial charge in [0.05, 0.1) is 27.7 Å². The monoisotopic (exact) mass is 565 g/mol. The molecule has 2 unspecified atom stereocenters. The molecule has 6 nitrogen and oxygen atoms in total. The first-order valence-corrected chi connectivity index (χ1v) is 13.7. The number of para-hydroxylation sites is 1. The molecule has 0 spiro atoms. The second kappa shape index (κ2) is 10.3. The summed E-state index contributed by atoms with van der Waals surface area (Å²) >= 11 is 19.9. The third-order valence-electron chi connectivity index (χ3n) is 7.50. The van der Waals surface area contributed by atoms with E-state index in [4.69, 9.17) is 34.8 Å². The molecule has 4 aromatic rings. The Morgan fingerprint density at radius 2 is 1.74 bits per heavy atom. The molecular formula is C29H26Cl3N5O. The number of aromatic nitrogens is 2. The molecule has 38 heavy (non-hydrogen) atoms. The van der Waals surface area contributed by atoms with E-state index in [2.05, 4.69) is 39.2 Å². The van der Waals surface area contributed by atoms with Crippen molar-refractivity contribution < 1.29 is 4.79 Å². The molecule has 1 saturated heterocycles. The van der Waals surface area contributed by atoms with Crippen LogP contribution < -0.4 is 10.2 Å². The normalized spacial score (nSPS) is 19.5. The van der Waals surface area contributed by atoms with E-state index in [9.17, 15) is 4.79 Å². The maximum atomic E-state index is 13.4. The van der Waals surface area contributed by atoms with Gasteiger partial charge in [0.1, 0.15) is 0 Å². The topological polar surface area (TPSA) is 64.3 Å². The molecule has 1 aromatic heterocycles. The van der Waals surface area contributed by atoms with E-state index in [0.29, 0.717) is 33.2 Å². The van der Waals surface area contributed by atoms with E-state index >= 15 is 0 Å².